The molecule has 0 bridgehead atoms. The van der Waals surface area contributed by atoms with Crippen LogP contribution >= 0.6 is 23.2 Å². The number of hydrogen-bond acceptors (Lipinski definition) is 4. The molecule has 0 spiro atoms. The Kier molecular flexibility index (Phi) is 7.08. The molecule has 1 aliphatic heterocycles. The zero-order valence-corrected chi connectivity index (χ0v) is 16.1. The van der Waals surface area contributed by atoms with Crippen molar-refractivity contribution in [2.24, 2.45) is 0 Å². The summed E-state index contributed by atoms with van der Waals surface area (Å²) >= 11 is 12.4. The summed E-state index contributed by atoms with van der Waals surface area (Å²) in [4.78, 5) is 26.6. The standard InChI is InChI=1S/C18H20Cl2N2O4/c1-4-8-22-11(2)14(17(23)26-10-9-25-3)16(21-18(22)24)12-6-5-7-13(19)15(12)20/h4-7,16H,1,8-10H2,2-3H3,(H,21,24). The van der Waals surface area contributed by atoms with E-state index < -0.39 is 12.0 Å². The summed E-state index contributed by atoms with van der Waals surface area (Å²) in [5.41, 5.74) is 1.27. The number of allylic oxidation sites excluding steroid dienone is 1. The van der Waals surface area contributed by atoms with Crippen LogP contribution in [0.15, 0.2) is 42.1 Å². The van der Waals surface area contributed by atoms with Crippen molar-refractivity contribution in [1.82, 2.24) is 10.2 Å². The molecule has 0 fully saturated rings. The van der Waals surface area contributed by atoms with E-state index in [4.69, 9.17) is 32.7 Å². The molecular formula is C18H20Cl2N2O4. The molecule has 1 heterocycles. The van der Waals surface area contributed by atoms with Crippen LogP contribution in [0.4, 0.5) is 4.79 Å². The van der Waals surface area contributed by atoms with Gasteiger partial charge in [0.15, 0.2) is 0 Å². The Morgan fingerprint density at radius 1 is 1.38 bits per heavy atom. The summed E-state index contributed by atoms with van der Waals surface area (Å²) in [6, 6.07) is 3.91. The van der Waals surface area contributed by atoms with Crippen LogP contribution in [0, 0.1) is 0 Å². The summed E-state index contributed by atoms with van der Waals surface area (Å²) in [5.74, 6) is -0.561. The second-order valence-electron chi connectivity index (χ2n) is 5.55. The third kappa shape index (κ3) is 4.20. The van der Waals surface area contributed by atoms with Crippen LogP contribution in [0.5, 0.6) is 0 Å². The average molecular weight is 399 g/mol. The molecule has 1 atom stereocenters. The van der Waals surface area contributed by atoms with Gasteiger partial charge in [0, 0.05) is 19.4 Å². The Balaban J connectivity index is 2.50. The largest absolute Gasteiger partial charge is 0.460 e. The van der Waals surface area contributed by atoms with E-state index in [1.807, 2.05) is 0 Å². The van der Waals surface area contributed by atoms with Crippen LogP contribution in [-0.2, 0) is 14.3 Å². The van der Waals surface area contributed by atoms with Crippen molar-refractivity contribution in [3.8, 4) is 0 Å². The van der Waals surface area contributed by atoms with E-state index in [2.05, 4.69) is 11.9 Å². The number of urea groups is 1. The number of nitrogens with one attached hydrogen (secondary N) is 1. The Bertz CT molecular complexity index is 749. The van der Waals surface area contributed by atoms with Crippen molar-refractivity contribution < 1.29 is 19.1 Å². The molecule has 26 heavy (non-hydrogen) atoms. The van der Waals surface area contributed by atoms with E-state index in [9.17, 15) is 9.59 Å². The molecule has 140 valence electrons. The monoisotopic (exact) mass is 398 g/mol. The molecule has 6 nitrogen and oxygen atoms in total. The second kappa shape index (κ2) is 9.07. The van der Waals surface area contributed by atoms with Crippen LogP contribution in [0.3, 0.4) is 0 Å². The number of methoxy groups -OCH3 is 1. The molecule has 1 aromatic carbocycles. The zero-order chi connectivity index (χ0) is 19.3. The lowest BCUT2D eigenvalue weighted by molar-refractivity contribution is -0.140. The van der Waals surface area contributed by atoms with Crippen molar-refractivity contribution in [2.75, 3.05) is 26.9 Å². The number of hydrogen-bond donors (Lipinski definition) is 1. The van der Waals surface area contributed by atoms with Gasteiger partial charge >= 0.3 is 12.0 Å². The van der Waals surface area contributed by atoms with Crippen molar-refractivity contribution in [3.63, 3.8) is 0 Å². The Morgan fingerprint density at radius 2 is 2.12 bits per heavy atom. The first-order chi connectivity index (χ1) is 12.4. The van der Waals surface area contributed by atoms with E-state index in [1.165, 1.54) is 12.0 Å². The number of benzene rings is 1. The highest BCUT2D eigenvalue weighted by Crippen LogP contribution is 2.37. The number of esters is 1. The maximum atomic E-state index is 12.7. The van der Waals surface area contributed by atoms with Crippen molar-refractivity contribution in [2.45, 2.75) is 13.0 Å². The highest BCUT2D eigenvalue weighted by molar-refractivity contribution is 6.42. The van der Waals surface area contributed by atoms with E-state index >= 15 is 0 Å². The summed E-state index contributed by atoms with van der Waals surface area (Å²) < 4.78 is 10.2. The molecule has 1 unspecified atom stereocenters. The lowest BCUT2D eigenvalue weighted by Crippen LogP contribution is -2.48. The van der Waals surface area contributed by atoms with Crippen LogP contribution in [0.1, 0.15) is 18.5 Å². The molecule has 1 aromatic rings. The fourth-order valence-corrected chi connectivity index (χ4v) is 3.08. The van der Waals surface area contributed by atoms with Crippen LogP contribution in [0.25, 0.3) is 0 Å². The van der Waals surface area contributed by atoms with E-state index in [1.54, 1.807) is 31.2 Å². The minimum Gasteiger partial charge on any atom is -0.460 e. The Morgan fingerprint density at radius 3 is 2.77 bits per heavy atom. The number of ether oxygens (including phenoxy) is 2. The molecule has 1 N–H and O–H groups in total. The van der Waals surface area contributed by atoms with Crippen molar-refractivity contribution in [3.05, 3.63) is 57.7 Å². The minimum absolute atomic E-state index is 0.0948. The molecule has 0 radical (unpaired) electrons. The summed E-state index contributed by atoms with van der Waals surface area (Å²) in [6.45, 7) is 5.94. The van der Waals surface area contributed by atoms with Crippen molar-refractivity contribution >= 4 is 35.2 Å². The predicted molar refractivity (Wildman–Crippen MR) is 100 cm³/mol. The third-order valence-corrected chi connectivity index (χ3v) is 4.77. The normalized spacial score (nSPS) is 17.2. The molecule has 0 aromatic heterocycles. The van der Waals surface area contributed by atoms with Gasteiger partial charge in [0.05, 0.1) is 28.3 Å². The van der Waals surface area contributed by atoms with Gasteiger partial charge in [-0.25, -0.2) is 9.59 Å². The third-order valence-electron chi connectivity index (χ3n) is 3.94. The lowest BCUT2D eigenvalue weighted by Gasteiger charge is -2.35. The van der Waals surface area contributed by atoms with E-state index in [0.717, 1.165) is 0 Å². The molecule has 0 saturated heterocycles. The molecule has 0 aliphatic carbocycles. The van der Waals surface area contributed by atoms with Gasteiger partial charge in [0.25, 0.3) is 0 Å². The quantitative estimate of drug-likeness (QED) is 0.431. The highest BCUT2D eigenvalue weighted by Gasteiger charge is 2.37. The van der Waals surface area contributed by atoms with Gasteiger partial charge in [0.1, 0.15) is 6.61 Å². The Hall–Kier alpha value is -2.02. The maximum Gasteiger partial charge on any atom is 0.338 e. The SMILES string of the molecule is C=CCN1C(=O)NC(c2cccc(Cl)c2Cl)C(C(=O)OCCOC)=C1C. The first-order valence-corrected chi connectivity index (χ1v) is 8.67. The van der Waals surface area contributed by atoms with Crippen molar-refractivity contribution in [1.29, 1.82) is 0 Å². The summed E-state index contributed by atoms with van der Waals surface area (Å²) in [6.07, 6.45) is 1.57. The molecule has 8 heteroatoms. The molecule has 0 saturated carbocycles. The van der Waals surface area contributed by atoms with Crippen LogP contribution < -0.4 is 5.32 Å². The lowest BCUT2D eigenvalue weighted by atomic mass is 9.94. The number of amides is 2. The number of rotatable bonds is 7. The molecule has 2 rings (SSSR count). The van der Waals surface area contributed by atoms with Gasteiger partial charge in [-0.2, -0.15) is 0 Å². The van der Waals surface area contributed by atoms with Gasteiger partial charge < -0.3 is 14.8 Å². The van der Waals surface area contributed by atoms with Gasteiger partial charge in [-0.05, 0) is 18.6 Å². The molecular weight excluding hydrogens is 379 g/mol. The molecule has 2 amide bonds. The fourth-order valence-electron chi connectivity index (χ4n) is 2.67. The number of carbonyl (C=O) groups is 2. The van der Waals surface area contributed by atoms with E-state index in [-0.39, 0.29) is 36.4 Å². The zero-order valence-electron chi connectivity index (χ0n) is 14.6. The number of halogens is 2. The number of carbonyl (C=O) groups excluding carboxylic acids is 2. The average Bonchev–Trinajstić information content (AvgIpc) is 2.60. The second-order valence-corrected chi connectivity index (χ2v) is 6.34. The first kappa shape index (κ1) is 20.3. The van der Waals surface area contributed by atoms with Gasteiger partial charge in [0.2, 0.25) is 0 Å². The van der Waals surface area contributed by atoms with Crippen LogP contribution in [0.2, 0.25) is 10.0 Å². The smallest absolute Gasteiger partial charge is 0.338 e. The summed E-state index contributed by atoms with van der Waals surface area (Å²) in [5, 5.41) is 3.39. The van der Waals surface area contributed by atoms with Gasteiger partial charge in [-0.3, -0.25) is 4.90 Å². The fraction of sp³-hybridized carbons (Fsp3) is 0.333. The van der Waals surface area contributed by atoms with E-state index in [0.29, 0.717) is 16.3 Å². The maximum absolute atomic E-state index is 12.7. The van der Waals surface area contributed by atoms with Crippen LogP contribution in [-0.4, -0.2) is 43.8 Å². The Labute approximate surface area is 162 Å². The minimum atomic E-state index is -0.773. The first-order valence-electron chi connectivity index (χ1n) is 7.92. The molecule has 1 aliphatic rings. The van der Waals surface area contributed by atoms with Gasteiger partial charge in [-0.15, -0.1) is 6.58 Å². The van der Waals surface area contributed by atoms with Gasteiger partial charge in [-0.1, -0.05) is 41.4 Å². The topological polar surface area (TPSA) is 67.9 Å². The predicted octanol–water partition coefficient (Wildman–Crippen LogP) is 3.71. The summed E-state index contributed by atoms with van der Waals surface area (Å²) in [7, 11) is 1.51. The number of nitrogens with zero attached hydrogens (tertiary/aromatic N) is 1. The highest BCUT2D eigenvalue weighted by atomic mass is 35.5.